The molecule has 0 saturated carbocycles. The van der Waals surface area contributed by atoms with E-state index < -0.39 is 0 Å². The number of nitrogens with zero attached hydrogens (tertiary/aromatic N) is 1. The van der Waals surface area contributed by atoms with Crippen molar-refractivity contribution in [1.29, 1.82) is 0 Å². The van der Waals surface area contributed by atoms with Crippen LogP contribution in [-0.4, -0.2) is 25.2 Å². The molecule has 94 valence electrons. The lowest BCUT2D eigenvalue weighted by molar-refractivity contribution is 0.402. The lowest BCUT2D eigenvalue weighted by Crippen LogP contribution is -2.55. The number of aryl methyl sites for hydroxylation is 1. The largest absolute Gasteiger partial charge is 0.366 e. The van der Waals surface area contributed by atoms with Crippen molar-refractivity contribution in [2.45, 2.75) is 39.3 Å². The molecular formula is C14H21FN2. The Bertz CT molecular complexity index is 392. The van der Waals surface area contributed by atoms with Crippen LogP contribution in [0.4, 0.5) is 10.1 Å². The van der Waals surface area contributed by atoms with Crippen LogP contribution in [0.25, 0.3) is 0 Å². The Morgan fingerprint density at radius 1 is 1.47 bits per heavy atom. The maximum absolute atomic E-state index is 13.6. The molecule has 1 aromatic rings. The summed E-state index contributed by atoms with van der Waals surface area (Å²) in [5.74, 6) is -0.108. The molecule has 3 heteroatoms. The second-order valence-electron chi connectivity index (χ2n) is 4.96. The van der Waals surface area contributed by atoms with Gasteiger partial charge in [-0.3, -0.25) is 0 Å². The zero-order valence-electron chi connectivity index (χ0n) is 10.8. The van der Waals surface area contributed by atoms with E-state index >= 15 is 0 Å². The molecular weight excluding hydrogens is 215 g/mol. The van der Waals surface area contributed by atoms with Crippen molar-refractivity contribution < 1.29 is 4.39 Å². The number of halogens is 1. The molecule has 0 radical (unpaired) electrons. The molecule has 1 fully saturated rings. The van der Waals surface area contributed by atoms with E-state index in [1.54, 1.807) is 13.0 Å². The SMILES string of the molecule is CCC1CNC(C)CN1c1ccc(C)c(F)c1. The van der Waals surface area contributed by atoms with E-state index in [1.807, 2.05) is 12.1 Å². The summed E-state index contributed by atoms with van der Waals surface area (Å²) < 4.78 is 13.6. The fourth-order valence-electron chi connectivity index (χ4n) is 2.40. The predicted molar refractivity (Wildman–Crippen MR) is 70.0 cm³/mol. The van der Waals surface area contributed by atoms with Gasteiger partial charge in [0.2, 0.25) is 0 Å². The molecule has 1 saturated heterocycles. The summed E-state index contributed by atoms with van der Waals surface area (Å²) >= 11 is 0. The Kier molecular flexibility index (Phi) is 3.67. The van der Waals surface area contributed by atoms with Crippen molar-refractivity contribution in [3.8, 4) is 0 Å². The molecule has 2 rings (SSSR count). The summed E-state index contributed by atoms with van der Waals surface area (Å²) in [6, 6.07) is 6.48. The van der Waals surface area contributed by atoms with Gasteiger partial charge in [0.15, 0.2) is 0 Å². The first-order chi connectivity index (χ1) is 8.11. The Hall–Kier alpha value is -1.09. The highest BCUT2D eigenvalue weighted by molar-refractivity contribution is 5.50. The van der Waals surface area contributed by atoms with Crippen LogP contribution >= 0.6 is 0 Å². The van der Waals surface area contributed by atoms with Gasteiger partial charge in [0, 0.05) is 30.9 Å². The summed E-state index contributed by atoms with van der Waals surface area (Å²) in [5, 5.41) is 3.47. The molecule has 1 aliphatic heterocycles. The normalized spacial score (nSPS) is 25.1. The van der Waals surface area contributed by atoms with E-state index in [0.717, 1.165) is 25.2 Å². The molecule has 1 N–H and O–H groups in total. The van der Waals surface area contributed by atoms with Crippen molar-refractivity contribution in [2.24, 2.45) is 0 Å². The smallest absolute Gasteiger partial charge is 0.128 e. The van der Waals surface area contributed by atoms with Gasteiger partial charge in [0.05, 0.1) is 0 Å². The minimum Gasteiger partial charge on any atom is -0.366 e. The second-order valence-corrected chi connectivity index (χ2v) is 4.96. The molecule has 0 bridgehead atoms. The van der Waals surface area contributed by atoms with Gasteiger partial charge in [0.1, 0.15) is 5.82 Å². The summed E-state index contributed by atoms with van der Waals surface area (Å²) in [6.45, 7) is 8.08. The Morgan fingerprint density at radius 3 is 2.88 bits per heavy atom. The van der Waals surface area contributed by atoms with Crippen LogP contribution in [0.3, 0.4) is 0 Å². The van der Waals surface area contributed by atoms with E-state index in [1.165, 1.54) is 0 Å². The second kappa shape index (κ2) is 5.05. The van der Waals surface area contributed by atoms with Crippen LogP contribution in [-0.2, 0) is 0 Å². The van der Waals surface area contributed by atoms with Crippen molar-refractivity contribution in [1.82, 2.24) is 5.32 Å². The lowest BCUT2D eigenvalue weighted by Gasteiger charge is -2.40. The Labute approximate surface area is 103 Å². The van der Waals surface area contributed by atoms with Crippen molar-refractivity contribution >= 4 is 5.69 Å². The van der Waals surface area contributed by atoms with Gasteiger partial charge in [-0.2, -0.15) is 0 Å². The van der Waals surface area contributed by atoms with E-state index in [-0.39, 0.29) is 5.82 Å². The summed E-state index contributed by atoms with van der Waals surface area (Å²) in [6.07, 6.45) is 1.08. The first-order valence-electron chi connectivity index (χ1n) is 6.38. The zero-order chi connectivity index (χ0) is 12.4. The fourth-order valence-corrected chi connectivity index (χ4v) is 2.40. The number of rotatable bonds is 2. The molecule has 1 aromatic carbocycles. The molecule has 17 heavy (non-hydrogen) atoms. The molecule has 0 spiro atoms. The summed E-state index contributed by atoms with van der Waals surface area (Å²) in [7, 11) is 0. The number of hydrogen-bond donors (Lipinski definition) is 1. The third kappa shape index (κ3) is 2.60. The van der Waals surface area contributed by atoms with Crippen LogP contribution in [0, 0.1) is 12.7 Å². The number of piperazine rings is 1. The van der Waals surface area contributed by atoms with Gasteiger partial charge < -0.3 is 10.2 Å². The highest BCUT2D eigenvalue weighted by Gasteiger charge is 2.24. The maximum Gasteiger partial charge on any atom is 0.128 e. The molecule has 0 aromatic heterocycles. The zero-order valence-corrected chi connectivity index (χ0v) is 10.8. The third-order valence-electron chi connectivity index (χ3n) is 3.57. The van der Waals surface area contributed by atoms with Gasteiger partial charge in [-0.1, -0.05) is 13.0 Å². The lowest BCUT2D eigenvalue weighted by atomic mass is 10.1. The summed E-state index contributed by atoms with van der Waals surface area (Å²) in [5.41, 5.74) is 1.72. The fraction of sp³-hybridized carbons (Fsp3) is 0.571. The topological polar surface area (TPSA) is 15.3 Å². The van der Waals surface area contributed by atoms with E-state index in [4.69, 9.17) is 0 Å². The molecule has 0 aliphatic carbocycles. The minimum absolute atomic E-state index is 0.108. The van der Waals surface area contributed by atoms with E-state index in [9.17, 15) is 4.39 Å². The van der Waals surface area contributed by atoms with Gasteiger partial charge in [-0.25, -0.2) is 4.39 Å². The Morgan fingerprint density at radius 2 is 2.24 bits per heavy atom. The number of hydrogen-bond acceptors (Lipinski definition) is 2. The number of nitrogens with one attached hydrogen (secondary N) is 1. The van der Waals surface area contributed by atoms with Crippen LogP contribution in [0.1, 0.15) is 25.8 Å². The van der Waals surface area contributed by atoms with Crippen molar-refractivity contribution in [3.05, 3.63) is 29.6 Å². The van der Waals surface area contributed by atoms with Gasteiger partial charge >= 0.3 is 0 Å². The number of benzene rings is 1. The van der Waals surface area contributed by atoms with Gasteiger partial charge in [0.25, 0.3) is 0 Å². The average molecular weight is 236 g/mol. The molecule has 1 heterocycles. The van der Waals surface area contributed by atoms with Crippen molar-refractivity contribution in [2.75, 3.05) is 18.0 Å². The Balaban J connectivity index is 2.25. The van der Waals surface area contributed by atoms with Crippen LogP contribution in [0.15, 0.2) is 18.2 Å². The van der Waals surface area contributed by atoms with Gasteiger partial charge in [-0.15, -0.1) is 0 Å². The minimum atomic E-state index is -0.108. The van der Waals surface area contributed by atoms with Crippen molar-refractivity contribution in [3.63, 3.8) is 0 Å². The van der Waals surface area contributed by atoms with Crippen LogP contribution in [0.2, 0.25) is 0 Å². The van der Waals surface area contributed by atoms with Gasteiger partial charge in [-0.05, 0) is 38.0 Å². The average Bonchev–Trinajstić information content (AvgIpc) is 2.32. The highest BCUT2D eigenvalue weighted by atomic mass is 19.1. The molecule has 2 unspecified atom stereocenters. The van der Waals surface area contributed by atoms with E-state index in [2.05, 4.69) is 24.1 Å². The number of anilines is 1. The van der Waals surface area contributed by atoms with Crippen LogP contribution in [0.5, 0.6) is 0 Å². The predicted octanol–water partition coefficient (Wildman–Crippen LogP) is 2.71. The standard InChI is InChI=1S/C14H21FN2/c1-4-12-8-16-11(3)9-17(12)13-6-5-10(2)14(15)7-13/h5-7,11-12,16H,4,8-9H2,1-3H3. The molecule has 2 nitrogen and oxygen atoms in total. The highest BCUT2D eigenvalue weighted by Crippen LogP contribution is 2.23. The monoisotopic (exact) mass is 236 g/mol. The maximum atomic E-state index is 13.6. The van der Waals surface area contributed by atoms with E-state index in [0.29, 0.717) is 17.6 Å². The molecule has 0 amide bonds. The quantitative estimate of drug-likeness (QED) is 0.849. The molecule has 1 aliphatic rings. The first-order valence-corrected chi connectivity index (χ1v) is 6.38. The van der Waals surface area contributed by atoms with Crippen LogP contribution < -0.4 is 10.2 Å². The third-order valence-corrected chi connectivity index (χ3v) is 3.57. The first kappa shape index (κ1) is 12.4. The summed E-state index contributed by atoms with van der Waals surface area (Å²) in [4.78, 5) is 2.32. The molecule has 2 atom stereocenters.